The maximum Gasteiger partial charge on any atom is 0.310 e. The van der Waals surface area contributed by atoms with Gasteiger partial charge < -0.3 is 9.88 Å². The highest BCUT2D eigenvalue weighted by Crippen LogP contribution is 2.29. The predicted octanol–water partition coefficient (Wildman–Crippen LogP) is 3.02. The van der Waals surface area contributed by atoms with Crippen molar-refractivity contribution in [3.8, 4) is 0 Å². The Balaban J connectivity index is 1.71. The lowest BCUT2D eigenvalue weighted by Crippen LogP contribution is -2.25. The van der Waals surface area contributed by atoms with Crippen molar-refractivity contribution in [3.05, 3.63) is 82.0 Å². The minimum atomic E-state index is -3.32. The number of hydrogen-bond acceptors (Lipinski definition) is 5. The van der Waals surface area contributed by atoms with Gasteiger partial charge in [0.15, 0.2) is 0 Å². The Hall–Kier alpha value is -3.20. The number of halogens is 1. The maximum atomic E-state index is 13.9. The van der Waals surface area contributed by atoms with Gasteiger partial charge in [0.05, 0.1) is 18.0 Å². The molecule has 3 aromatic rings. The van der Waals surface area contributed by atoms with E-state index in [1.54, 1.807) is 18.2 Å². The molecule has 0 radical (unpaired) electrons. The lowest BCUT2D eigenvalue weighted by Gasteiger charge is -2.20. The Labute approximate surface area is 173 Å². The molecule has 1 aliphatic rings. The average Bonchev–Trinajstić information content (AvgIpc) is 3.07. The smallest absolute Gasteiger partial charge is 0.310 e. The van der Waals surface area contributed by atoms with Crippen LogP contribution in [0.4, 0.5) is 21.7 Å². The normalized spacial score (nSPS) is 15.3. The van der Waals surface area contributed by atoms with Gasteiger partial charge in [0.25, 0.3) is 0 Å². The molecule has 0 unspecified atom stereocenters. The molecule has 7 nitrogen and oxygen atoms in total. The Morgan fingerprint density at radius 1 is 1.17 bits per heavy atom. The quantitative estimate of drug-likeness (QED) is 0.675. The van der Waals surface area contributed by atoms with Crippen LogP contribution in [-0.4, -0.2) is 30.3 Å². The van der Waals surface area contributed by atoms with E-state index in [-0.39, 0.29) is 11.7 Å². The Morgan fingerprint density at radius 2 is 1.93 bits per heavy atom. The summed E-state index contributed by atoms with van der Waals surface area (Å²) in [5.74, 6) is -0.639. The highest BCUT2D eigenvalue weighted by atomic mass is 32.2. The largest absolute Gasteiger partial charge is 0.325 e. The molecular weight excluding hydrogens is 407 g/mol. The van der Waals surface area contributed by atoms with Gasteiger partial charge in [-0.2, -0.15) is 9.37 Å². The second-order valence-electron chi connectivity index (χ2n) is 7.20. The van der Waals surface area contributed by atoms with E-state index in [4.69, 9.17) is 0 Å². The number of nitrogens with zero attached hydrogens (tertiary/aromatic N) is 3. The number of aromatic nitrogens is 2. The third kappa shape index (κ3) is 4.06. The molecule has 1 saturated heterocycles. The molecule has 30 heavy (non-hydrogen) atoms. The van der Waals surface area contributed by atoms with E-state index in [2.05, 4.69) is 10.3 Å². The third-order valence-electron chi connectivity index (χ3n) is 5.00. The van der Waals surface area contributed by atoms with Crippen molar-refractivity contribution in [2.75, 3.05) is 21.9 Å². The molecule has 0 spiro atoms. The number of aryl methyl sites for hydroxylation is 1. The van der Waals surface area contributed by atoms with Gasteiger partial charge in [-0.15, -0.1) is 0 Å². The van der Waals surface area contributed by atoms with Crippen molar-refractivity contribution in [1.82, 2.24) is 9.55 Å². The molecule has 156 valence electrons. The first-order valence-electron chi connectivity index (χ1n) is 9.52. The molecule has 0 bridgehead atoms. The number of anilines is 3. The summed E-state index contributed by atoms with van der Waals surface area (Å²) in [5, 5.41) is 3.08. The summed E-state index contributed by atoms with van der Waals surface area (Å²) in [6.07, 6.45) is 1.70. The van der Waals surface area contributed by atoms with Crippen LogP contribution in [-0.2, 0) is 16.6 Å². The van der Waals surface area contributed by atoms with Crippen LogP contribution >= 0.6 is 0 Å². The summed E-state index contributed by atoms with van der Waals surface area (Å²) in [6, 6.07) is 14.7. The molecular formula is C21H21FN4O3S. The van der Waals surface area contributed by atoms with E-state index in [0.717, 1.165) is 17.3 Å². The number of nitrogens with one attached hydrogen (secondary N) is 1. The fourth-order valence-electron chi connectivity index (χ4n) is 3.42. The van der Waals surface area contributed by atoms with Gasteiger partial charge in [0.2, 0.25) is 21.8 Å². The fraction of sp³-hybridized carbons (Fsp3) is 0.238. The zero-order valence-electron chi connectivity index (χ0n) is 16.4. The zero-order valence-corrected chi connectivity index (χ0v) is 17.2. The first-order valence-corrected chi connectivity index (χ1v) is 11.1. The van der Waals surface area contributed by atoms with E-state index >= 15 is 0 Å². The lowest BCUT2D eigenvalue weighted by molar-refractivity contribution is 0.579. The lowest BCUT2D eigenvalue weighted by atomic mass is 10.1. The molecule has 0 aliphatic carbocycles. The molecule has 0 amide bonds. The van der Waals surface area contributed by atoms with Gasteiger partial charge in [0.1, 0.15) is 0 Å². The fourth-order valence-corrected chi connectivity index (χ4v) is 4.97. The summed E-state index contributed by atoms with van der Waals surface area (Å²) in [4.78, 5) is 15.7. The molecule has 0 saturated carbocycles. The average molecular weight is 428 g/mol. The molecule has 2 heterocycles. The van der Waals surface area contributed by atoms with Crippen LogP contribution in [0.3, 0.4) is 0 Å². The highest BCUT2D eigenvalue weighted by Gasteiger charge is 2.28. The first-order chi connectivity index (χ1) is 14.3. The van der Waals surface area contributed by atoms with Gasteiger partial charge in [-0.05, 0) is 36.6 Å². The van der Waals surface area contributed by atoms with Crippen LogP contribution in [0.2, 0.25) is 0 Å². The Bertz CT molecular complexity index is 1240. The molecule has 1 fully saturated rings. The standard InChI is InChI=1S/C21H21FN4O3S/c1-15-8-9-17(26-10-5-11-30(26,28)29)12-19(15)23-21-24-20(27)18(22)14-25(21)13-16-6-3-2-4-7-16/h2-4,6-9,12,14H,5,10-11,13H2,1H3,(H,23,24,27). The van der Waals surface area contributed by atoms with Crippen molar-refractivity contribution in [1.29, 1.82) is 0 Å². The van der Waals surface area contributed by atoms with E-state index in [9.17, 15) is 17.6 Å². The molecule has 9 heteroatoms. The summed E-state index contributed by atoms with van der Waals surface area (Å²) >= 11 is 0. The van der Waals surface area contributed by atoms with Crippen molar-refractivity contribution in [2.24, 2.45) is 0 Å². The van der Waals surface area contributed by atoms with E-state index in [1.165, 1.54) is 8.87 Å². The van der Waals surface area contributed by atoms with E-state index in [1.807, 2.05) is 37.3 Å². The SMILES string of the molecule is Cc1ccc(N2CCCS2(=O)=O)cc1Nc1nc(=O)c(F)cn1Cc1ccccc1. The van der Waals surface area contributed by atoms with Gasteiger partial charge in [-0.3, -0.25) is 9.10 Å². The Morgan fingerprint density at radius 3 is 2.63 bits per heavy atom. The summed E-state index contributed by atoms with van der Waals surface area (Å²) in [6.45, 7) is 2.60. The summed E-state index contributed by atoms with van der Waals surface area (Å²) < 4.78 is 41.4. The van der Waals surface area contributed by atoms with Gasteiger partial charge in [0, 0.05) is 18.4 Å². The number of benzene rings is 2. The number of hydrogen-bond donors (Lipinski definition) is 1. The second kappa shape index (κ2) is 7.91. The minimum Gasteiger partial charge on any atom is -0.325 e. The van der Waals surface area contributed by atoms with Gasteiger partial charge in [-0.25, -0.2) is 8.42 Å². The molecule has 1 aromatic heterocycles. The highest BCUT2D eigenvalue weighted by molar-refractivity contribution is 7.93. The van der Waals surface area contributed by atoms with Gasteiger partial charge >= 0.3 is 5.56 Å². The predicted molar refractivity (Wildman–Crippen MR) is 114 cm³/mol. The van der Waals surface area contributed by atoms with Gasteiger partial charge in [-0.1, -0.05) is 36.4 Å². The first kappa shape index (κ1) is 20.1. The number of rotatable bonds is 5. The van der Waals surface area contributed by atoms with Crippen molar-refractivity contribution in [2.45, 2.75) is 19.9 Å². The van der Waals surface area contributed by atoms with Crippen LogP contribution in [0.5, 0.6) is 0 Å². The second-order valence-corrected chi connectivity index (χ2v) is 9.21. The molecule has 4 rings (SSSR count). The molecule has 1 aliphatic heterocycles. The molecule has 1 N–H and O–H groups in total. The van der Waals surface area contributed by atoms with Crippen molar-refractivity contribution < 1.29 is 12.8 Å². The topological polar surface area (TPSA) is 84.3 Å². The molecule has 2 aromatic carbocycles. The summed E-state index contributed by atoms with van der Waals surface area (Å²) in [7, 11) is -3.32. The van der Waals surface area contributed by atoms with Crippen molar-refractivity contribution in [3.63, 3.8) is 0 Å². The minimum absolute atomic E-state index is 0.125. The van der Waals surface area contributed by atoms with E-state index in [0.29, 0.717) is 30.9 Å². The number of sulfonamides is 1. The Kier molecular flexibility index (Phi) is 5.29. The van der Waals surface area contributed by atoms with Crippen LogP contribution in [0.1, 0.15) is 17.5 Å². The molecule has 0 atom stereocenters. The third-order valence-corrected chi connectivity index (χ3v) is 6.87. The zero-order chi connectivity index (χ0) is 21.3. The van der Waals surface area contributed by atoms with Crippen LogP contribution < -0.4 is 15.2 Å². The maximum absolute atomic E-state index is 13.9. The monoisotopic (exact) mass is 428 g/mol. The van der Waals surface area contributed by atoms with Crippen LogP contribution in [0.15, 0.2) is 59.5 Å². The van der Waals surface area contributed by atoms with Crippen LogP contribution in [0, 0.1) is 12.7 Å². The van der Waals surface area contributed by atoms with Crippen molar-refractivity contribution >= 4 is 27.3 Å². The van der Waals surface area contributed by atoms with Crippen LogP contribution in [0.25, 0.3) is 0 Å². The van der Waals surface area contributed by atoms with E-state index < -0.39 is 21.4 Å². The summed E-state index contributed by atoms with van der Waals surface area (Å²) in [5.41, 5.74) is 1.92.